The first-order chi connectivity index (χ1) is 12.1. The Morgan fingerprint density at radius 3 is 2.28 bits per heavy atom. The summed E-state index contributed by atoms with van der Waals surface area (Å²) in [4.78, 5) is 29.0. The minimum Gasteiger partial charge on any atom is -0.497 e. The molecule has 25 heavy (non-hydrogen) atoms. The van der Waals surface area contributed by atoms with Gasteiger partial charge in [-0.1, -0.05) is 6.42 Å². The molecule has 0 radical (unpaired) electrons. The molecule has 1 aromatic carbocycles. The van der Waals surface area contributed by atoms with Crippen molar-refractivity contribution in [3.8, 4) is 5.75 Å². The lowest BCUT2D eigenvalue weighted by Gasteiger charge is -2.37. The molecule has 3 rings (SSSR count). The zero-order valence-corrected chi connectivity index (χ0v) is 14.8. The molecule has 2 aliphatic rings. The molecule has 1 aliphatic heterocycles. The Balaban J connectivity index is 1.54. The molecular weight excluding hydrogens is 318 g/mol. The van der Waals surface area contributed by atoms with Gasteiger partial charge in [0.15, 0.2) is 0 Å². The van der Waals surface area contributed by atoms with E-state index in [1.165, 1.54) is 0 Å². The fourth-order valence-corrected chi connectivity index (χ4v) is 3.76. The summed E-state index contributed by atoms with van der Waals surface area (Å²) in [5, 5.41) is 0. The maximum atomic E-state index is 12.7. The van der Waals surface area contributed by atoms with Crippen LogP contribution in [0.1, 0.15) is 36.0 Å². The fraction of sp³-hybridized carbons (Fsp3) is 0.579. The van der Waals surface area contributed by atoms with E-state index < -0.39 is 0 Å². The Labute approximate surface area is 148 Å². The van der Waals surface area contributed by atoms with E-state index in [0.29, 0.717) is 31.7 Å². The van der Waals surface area contributed by atoms with Gasteiger partial charge in [0.25, 0.3) is 5.91 Å². The van der Waals surface area contributed by atoms with Crippen molar-refractivity contribution in [1.29, 1.82) is 0 Å². The van der Waals surface area contributed by atoms with Gasteiger partial charge < -0.3 is 20.3 Å². The highest BCUT2D eigenvalue weighted by atomic mass is 16.5. The van der Waals surface area contributed by atoms with Crippen LogP contribution >= 0.6 is 0 Å². The predicted octanol–water partition coefficient (Wildman–Crippen LogP) is 1.50. The zero-order chi connectivity index (χ0) is 17.8. The van der Waals surface area contributed by atoms with Crippen LogP contribution in [0, 0.1) is 5.92 Å². The van der Waals surface area contributed by atoms with E-state index in [1.807, 2.05) is 9.80 Å². The van der Waals surface area contributed by atoms with Crippen LogP contribution in [0.5, 0.6) is 5.75 Å². The number of benzene rings is 1. The van der Waals surface area contributed by atoms with Crippen LogP contribution in [-0.4, -0.2) is 60.9 Å². The minimum atomic E-state index is 0.00874. The van der Waals surface area contributed by atoms with Crippen LogP contribution in [-0.2, 0) is 4.79 Å². The summed E-state index contributed by atoms with van der Waals surface area (Å²) in [7, 11) is 1.60. The molecule has 1 aromatic rings. The van der Waals surface area contributed by atoms with Gasteiger partial charge in [0.1, 0.15) is 5.75 Å². The van der Waals surface area contributed by atoms with E-state index >= 15 is 0 Å². The van der Waals surface area contributed by atoms with Gasteiger partial charge in [-0.05, 0) is 43.5 Å². The first-order valence-corrected chi connectivity index (χ1v) is 9.06. The summed E-state index contributed by atoms with van der Waals surface area (Å²) < 4.78 is 5.12. The summed E-state index contributed by atoms with van der Waals surface area (Å²) in [5.41, 5.74) is 6.66. The highest BCUT2D eigenvalue weighted by molar-refractivity contribution is 5.94. The third kappa shape index (κ3) is 4.12. The van der Waals surface area contributed by atoms with Gasteiger partial charge in [0.2, 0.25) is 5.91 Å². The average Bonchev–Trinajstić information content (AvgIpc) is 2.67. The van der Waals surface area contributed by atoms with Crippen LogP contribution < -0.4 is 10.5 Å². The van der Waals surface area contributed by atoms with Crippen molar-refractivity contribution in [1.82, 2.24) is 9.80 Å². The van der Waals surface area contributed by atoms with E-state index in [1.54, 1.807) is 31.4 Å². The fourth-order valence-electron chi connectivity index (χ4n) is 3.76. The number of carbonyl (C=O) groups is 2. The summed E-state index contributed by atoms with van der Waals surface area (Å²) in [5.74, 6) is 1.02. The Hall–Kier alpha value is -2.08. The average molecular weight is 345 g/mol. The minimum absolute atomic E-state index is 0.00874. The number of methoxy groups -OCH3 is 1. The van der Waals surface area contributed by atoms with Crippen molar-refractivity contribution in [3.05, 3.63) is 29.8 Å². The molecule has 2 fully saturated rings. The van der Waals surface area contributed by atoms with Gasteiger partial charge in [0, 0.05) is 43.7 Å². The van der Waals surface area contributed by atoms with Crippen molar-refractivity contribution in [3.63, 3.8) is 0 Å². The number of piperazine rings is 1. The molecule has 1 saturated heterocycles. The van der Waals surface area contributed by atoms with E-state index in [2.05, 4.69) is 0 Å². The molecule has 2 unspecified atom stereocenters. The summed E-state index contributed by atoms with van der Waals surface area (Å²) in [6.45, 7) is 2.36. The topological polar surface area (TPSA) is 75.9 Å². The van der Waals surface area contributed by atoms with Crippen LogP contribution in [0.25, 0.3) is 0 Å². The molecule has 0 spiro atoms. The lowest BCUT2D eigenvalue weighted by atomic mass is 9.85. The first kappa shape index (κ1) is 17.7. The molecule has 2 amide bonds. The summed E-state index contributed by atoms with van der Waals surface area (Å²) in [6.07, 6.45) is 3.79. The molecule has 6 heteroatoms. The zero-order valence-electron chi connectivity index (χ0n) is 14.8. The molecular formula is C19H27N3O3. The molecule has 136 valence electrons. The second-order valence-corrected chi connectivity index (χ2v) is 6.97. The Morgan fingerprint density at radius 2 is 1.68 bits per heavy atom. The Morgan fingerprint density at radius 1 is 1.04 bits per heavy atom. The third-order valence-electron chi connectivity index (χ3n) is 5.28. The molecule has 1 aliphatic carbocycles. The van der Waals surface area contributed by atoms with Crippen LogP contribution in [0.4, 0.5) is 0 Å². The Kier molecular flexibility index (Phi) is 5.58. The molecule has 2 N–H and O–H groups in total. The molecule has 2 atom stereocenters. The number of amides is 2. The number of hydrogen-bond acceptors (Lipinski definition) is 4. The lowest BCUT2D eigenvalue weighted by molar-refractivity contribution is -0.138. The van der Waals surface area contributed by atoms with Crippen molar-refractivity contribution in [2.45, 2.75) is 31.7 Å². The Bertz CT molecular complexity index is 609. The predicted molar refractivity (Wildman–Crippen MR) is 95.4 cm³/mol. The normalized spacial score (nSPS) is 24.1. The lowest BCUT2D eigenvalue weighted by Crippen LogP contribution is -2.52. The third-order valence-corrected chi connectivity index (χ3v) is 5.28. The van der Waals surface area contributed by atoms with Crippen molar-refractivity contribution in [2.24, 2.45) is 11.7 Å². The number of nitrogens with two attached hydrogens (primary N) is 1. The first-order valence-electron chi connectivity index (χ1n) is 9.06. The second-order valence-electron chi connectivity index (χ2n) is 6.97. The number of rotatable bonds is 3. The van der Waals surface area contributed by atoms with Gasteiger partial charge >= 0.3 is 0 Å². The van der Waals surface area contributed by atoms with Gasteiger partial charge in [-0.15, -0.1) is 0 Å². The molecule has 1 heterocycles. The van der Waals surface area contributed by atoms with Gasteiger partial charge in [-0.2, -0.15) is 0 Å². The smallest absolute Gasteiger partial charge is 0.253 e. The summed E-state index contributed by atoms with van der Waals surface area (Å²) >= 11 is 0. The van der Waals surface area contributed by atoms with Crippen LogP contribution in [0.15, 0.2) is 24.3 Å². The highest BCUT2D eigenvalue weighted by Crippen LogP contribution is 2.25. The van der Waals surface area contributed by atoms with E-state index in [4.69, 9.17) is 10.5 Å². The quantitative estimate of drug-likeness (QED) is 0.901. The molecule has 0 aromatic heterocycles. The molecule has 1 saturated carbocycles. The number of carbonyl (C=O) groups excluding carboxylic acids is 2. The number of ether oxygens (including phenoxy) is 1. The largest absolute Gasteiger partial charge is 0.497 e. The van der Waals surface area contributed by atoms with Gasteiger partial charge in [0.05, 0.1) is 7.11 Å². The molecule has 0 bridgehead atoms. The summed E-state index contributed by atoms with van der Waals surface area (Å²) in [6, 6.07) is 7.30. The molecule has 6 nitrogen and oxygen atoms in total. The van der Waals surface area contributed by atoms with Gasteiger partial charge in [-0.25, -0.2) is 0 Å². The van der Waals surface area contributed by atoms with Crippen LogP contribution in [0.3, 0.4) is 0 Å². The van der Waals surface area contributed by atoms with Crippen molar-refractivity contribution >= 4 is 11.8 Å². The van der Waals surface area contributed by atoms with E-state index in [0.717, 1.165) is 31.4 Å². The maximum absolute atomic E-state index is 12.7. The van der Waals surface area contributed by atoms with Crippen LogP contribution in [0.2, 0.25) is 0 Å². The van der Waals surface area contributed by atoms with Gasteiger partial charge in [-0.3, -0.25) is 9.59 Å². The maximum Gasteiger partial charge on any atom is 0.253 e. The highest BCUT2D eigenvalue weighted by Gasteiger charge is 2.31. The van der Waals surface area contributed by atoms with E-state index in [-0.39, 0.29) is 23.8 Å². The van der Waals surface area contributed by atoms with Crippen molar-refractivity contribution in [2.75, 3.05) is 33.3 Å². The number of hydrogen-bond donors (Lipinski definition) is 1. The van der Waals surface area contributed by atoms with E-state index in [9.17, 15) is 9.59 Å². The monoisotopic (exact) mass is 345 g/mol. The SMILES string of the molecule is COc1ccc(C(=O)N2CCN(C(=O)C3CCCC(N)C3)CC2)cc1. The number of nitrogens with zero attached hydrogens (tertiary/aromatic N) is 2. The van der Waals surface area contributed by atoms with Crippen molar-refractivity contribution < 1.29 is 14.3 Å². The standard InChI is InChI=1S/C19H27N3O3/c1-25-17-7-5-14(6-8-17)18(23)21-9-11-22(12-10-21)19(24)15-3-2-4-16(20)13-15/h5-8,15-16H,2-4,9-13,20H2,1H3. The second kappa shape index (κ2) is 7.87.